The molecule has 1 aliphatic rings. The van der Waals surface area contributed by atoms with E-state index in [2.05, 4.69) is 15.6 Å². The van der Waals surface area contributed by atoms with Gasteiger partial charge in [0.15, 0.2) is 5.96 Å². The molecule has 25 heavy (non-hydrogen) atoms. The summed E-state index contributed by atoms with van der Waals surface area (Å²) in [4.78, 5) is 18.2. The zero-order valence-electron chi connectivity index (χ0n) is 14.5. The molecule has 1 aromatic rings. The number of guanidine groups is 1. The zero-order chi connectivity index (χ0) is 17.2. The zero-order valence-corrected chi connectivity index (χ0v) is 17.5. The van der Waals surface area contributed by atoms with Crippen molar-refractivity contribution in [1.82, 2.24) is 15.5 Å². The van der Waals surface area contributed by atoms with Gasteiger partial charge < -0.3 is 20.3 Å². The van der Waals surface area contributed by atoms with Gasteiger partial charge in [0.1, 0.15) is 18.9 Å². The number of hydrogen-bond donors (Lipinski definition) is 2. The number of likely N-dealkylation sites (tertiary alicyclic amines) is 1. The molecule has 0 atom stereocenters. The average molecular weight is 481 g/mol. The van der Waals surface area contributed by atoms with Crippen molar-refractivity contribution in [3.63, 3.8) is 0 Å². The number of ether oxygens (including phenoxy) is 1. The Balaban J connectivity index is 0.00000312. The van der Waals surface area contributed by atoms with Crippen LogP contribution in [0.5, 0.6) is 5.75 Å². The smallest absolute Gasteiger partial charge is 0.244 e. The van der Waals surface area contributed by atoms with Crippen molar-refractivity contribution in [2.75, 3.05) is 39.3 Å². The highest BCUT2D eigenvalue weighted by Crippen LogP contribution is 2.16. The van der Waals surface area contributed by atoms with Crippen molar-refractivity contribution in [3.05, 3.63) is 29.3 Å². The molecule has 1 amide bonds. The Labute approximate surface area is 171 Å². The van der Waals surface area contributed by atoms with E-state index in [0.29, 0.717) is 24.1 Å². The van der Waals surface area contributed by atoms with Crippen LogP contribution in [0.3, 0.4) is 0 Å². The van der Waals surface area contributed by atoms with Crippen LogP contribution in [0.1, 0.15) is 19.8 Å². The molecule has 1 aliphatic heterocycles. The topological polar surface area (TPSA) is 66.0 Å². The van der Waals surface area contributed by atoms with Gasteiger partial charge in [-0.3, -0.25) is 4.79 Å². The van der Waals surface area contributed by atoms with E-state index < -0.39 is 0 Å². The maximum Gasteiger partial charge on any atom is 0.244 e. The van der Waals surface area contributed by atoms with E-state index in [4.69, 9.17) is 16.3 Å². The largest absolute Gasteiger partial charge is 0.492 e. The van der Waals surface area contributed by atoms with E-state index in [1.165, 1.54) is 0 Å². The van der Waals surface area contributed by atoms with Gasteiger partial charge in [0.05, 0.1) is 6.54 Å². The van der Waals surface area contributed by atoms with E-state index in [1.807, 2.05) is 24.0 Å². The summed E-state index contributed by atoms with van der Waals surface area (Å²) in [5.74, 6) is 1.44. The number of amides is 1. The number of benzene rings is 1. The third kappa shape index (κ3) is 8.13. The second-order valence-corrected chi connectivity index (χ2v) is 5.95. The quantitative estimate of drug-likeness (QED) is 0.272. The Kier molecular flexibility index (Phi) is 10.6. The van der Waals surface area contributed by atoms with Crippen molar-refractivity contribution in [2.45, 2.75) is 19.8 Å². The molecule has 0 aliphatic carbocycles. The molecule has 8 heteroatoms. The van der Waals surface area contributed by atoms with Crippen LogP contribution in [0.2, 0.25) is 5.02 Å². The van der Waals surface area contributed by atoms with Crippen molar-refractivity contribution < 1.29 is 9.53 Å². The lowest BCUT2D eigenvalue weighted by atomic mass is 10.3. The molecule has 0 aromatic heterocycles. The minimum atomic E-state index is 0. The first-order chi connectivity index (χ1) is 11.7. The van der Waals surface area contributed by atoms with Gasteiger partial charge in [-0.15, -0.1) is 24.0 Å². The lowest BCUT2D eigenvalue weighted by Gasteiger charge is -2.15. The predicted molar refractivity (Wildman–Crippen MR) is 112 cm³/mol. The standard InChI is InChI=1S/C17H25ClN4O2.HI/c1-2-19-17(21-13-16(23)22-9-3-4-10-22)20-8-11-24-15-7-5-6-14(18)12-15;/h5-7,12H,2-4,8-11,13H2,1H3,(H2,19,20,21);1H. The minimum Gasteiger partial charge on any atom is -0.492 e. The van der Waals surface area contributed by atoms with Crippen LogP contribution in [0.4, 0.5) is 0 Å². The molecule has 0 radical (unpaired) electrons. The fourth-order valence-corrected chi connectivity index (χ4v) is 2.63. The molecular formula is C17H26ClIN4O2. The summed E-state index contributed by atoms with van der Waals surface area (Å²) in [6.07, 6.45) is 2.18. The SMILES string of the molecule is CCNC(=NCC(=O)N1CCCC1)NCCOc1cccc(Cl)c1.I. The number of aliphatic imine (C=N–C) groups is 1. The van der Waals surface area contributed by atoms with E-state index in [-0.39, 0.29) is 36.4 Å². The number of carbonyl (C=O) groups excluding carboxylic acids is 1. The maximum absolute atomic E-state index is 12.0. The van der Waals surface area contributed by atoms with Crippen LogP contribution in [0.15, 0.2) is 29.3 Å². The van der Waals surface area contributed by atoms with Gasteiger partial charge in [0.2, 0.25) is 5.91 Å². The number of carbonyl (C=O) groups is 1. The first-order valence-electron chi connectivity index (χ1n) is 8.37. The molecule has 0 spiro atoms. The summed E-state index contributed by atoms with van der Waals surface area (Å²) in [7, 11) is 0. The third-order valence-electron chi connectivity index (χ3n) is 3.63. The second-order valence-electron chi connectivity index (χ2n) is 5.52. The molecule has 1 aromatic carbocycles. The Morgan fingerprint density at radius 1 is 1.32 bits per heavy atom. The lowest BCUT2D eigenvalue weighted by Crippen LogP contribution is -2.40. The van der Waals surface area contributed by atoms with Gasteiger partial charge in [-0.25, -0.2) is 4.99 Å². The second kappa shape index (κ2) is 12.2. The molecule has 0 bridgehead atoms. The molecule has 2 rings (SSSR count). The molecule has 1 fully saturated rings. The summed E-state index contributed by atoms with van der Waals surface area (Å²) in [6, 6.07) is 7.29. The first-order valence-corrected chi connectivity index (χ1v) is 8.75. The van der Waals surface area contributed by atoms with E-state index in [9.17, 15) is 4.79 Å². The van der Waals surface area contributed by atoms with E-state index in [0.717, 1.165) is 38.2 Å². The summed E-state index contributed by atoms with van der Waals surface area (Å²) in [6.45, 7) is 5.66. The van der Waals surface area contributed by atoms with Gasteiger partial charge in [-0.2, -0.15) is 0 Å². The monoisotopic (exact) mass is 480 g/mol. The minimum absolute atomic E-state index is 0. The molecule has 1 saturated heterocycles. The van der Waals surface area contributed by atoms with Gasteiger partial charge in [-0.1, -0.05) is 17.7 Å². The molecule has 0 saturated carbocycles. The number of hydrogen-bond acceptors (Lipinski definition) is 3. The molecular weight excluding hydrogens is 455 g/mol. The van der Waals surface area contributed by atoms with Gasteiger partial charge in [0, 0.05) is 24.7 Å². The number of halogens is 2. The molecule has 140 valence electrons. The van der Waals surface area contributed by atoms with E-state index in [1.54, 1.807) is 12.1 Å². The first kappa shape index (κ1) is 21.8. The molecule has 1 heterocycles. The fourth-order valence-electron chi connectivity index (χ4n) is 2.45. The Bertz CT molecular complexity index is 565. The van der Waals surface area contributed by atoms with Crippen LogP contribution in [0.25, 0.3) is 0 Å². The Morgan fingerprint density at radius 3 is 2.76 bits per heavy atom. The van der Waals surface area contributed by atoms with Crippen molar-refractivity contribution in [1.29, 1.82) is 0 Å². The van der Waals surface area contributed by atoms with Crippen LogP contribution in [-0.4, -0.2) is 56.1 Å². The van der Waals surface area contributed by atoms with Crippen LogP contribution in [0, 0.1) is 0 Å². The third-order valence-corrected chi connectivity index (χ3v) is 3.87. The molecule has 0 unspecified atom stereocenters. The van der Waals surface area contributed by atoms with Crippen LogP contribution >= 0.6 is 35.6 Å². The Hall–Kier alpha value is -1.22. The Morgan fingerprint density at radius 2 is 2.08 bits per heavy atom. The van der Waals surface area contributed by atoms with Crippen molar-refractivity contribution in [3.8, 4) is 5.75 Å². The van der Waals surface area contributed by atoms with Crippen molar-refractivity contribution in [2.24, 2.45) is 4.99 Å². The normalized spacial score (nSPS) is 14.0. The molecule has 2 N–H and O–H groups in total. The number of nitrogens with zero attached hydrogens (tertiary/aromatic N) is 2. The summed E-state index contributed by atoms with van der Waals surface area (Å²) >= 11 is 5.91. The highest BCUT2D eigenvalue weighted by Gasteiger charge is 2.17. The number of nitrogens with one attached hydrogen (secondary N) is 2. The highest BCUT2D eigenvalue weighted by atomic mass is 127. The summed E-state index contributed by atoms with van der Waals surface area (Å²) in [5.41, 5.74) is 0. The molecule has 6 nitrogen and oxygen atoms in total. The maximum atomic E-state index is 12.0. The average Bonchev–Trinajstić information content (AvgIpc) is 3.11. The lowest BCUT2D eigenvalue weighted by molar-refractivity contribution is -0.128. The highest BCUT2D eigenvalue weighted by molar-refractivity contribution is 14.0. The summed E-state index contributed by atoms with van der Waals surface area (Å²) in [5, 5.41) is 6.94. The van der Waals surface area contributed by atoms with E-state index >= 15 is 0 Å². The summed E-state index contributed by atoms with van der Waals surface area (Å²) < 4.78 is 5.62. The van der Waals surface area contributed by atoms with Gasteiger partial charge >= 0.3 is 0 Å². The van der Waals surface area contributed by atoms with Gasteiger partial charge in [-0.05, 0) is 38.0 Å². The van der Waals surface area contributed by atoms with Crippen LogP contribution in [-0.2, 0) is 4.79 Å². The predicted octanol–water partition coefficient (Wildman–Crippen LogP) is 2.51. The fraction of sp³-hybridized carbons (Fsp3) is 0.529. The van der Waals surface area contributed by atoms with Gasteiger partial charge in [0.25, 0.3) is 0 Å². The van der Waals surface area contributed by atoms with Crippen molar-refractivity contribution >= 4 is 47.4 Å². The number of rotatable bonds is 7. The van der Waals surface area contributed by atoms with Crippen LogP contribution < -0.4 is 15.4 Å².